The van der Waals surface area contributed by atoms with Crippen LogP contribution >= 0.6 is 15.9 Å². The van der Waals surface area contributed by atoms with Gasteiger partial charge in [-0.3, -0.25) is 9.48 Å². The van der Waals surface area contributed by atoms with Crippen LogP contribution in [0.4, 0.5) is 5.69 Å². The molecule has 0 aliphatic carbocycles. The van der Waals surface area contributed by atoms with Crippen molar-refractivity contribution < 1.29 is 0 Å². The quantitative estimate of drug-likeness (QED) is 0.864. The summed E-state index contributed by atoms with van der Waals surface area (Å²) in [5.41, 5.74) is 6.39. The summed E-state index contributed by atoms with van der Waals surface area (Å²) < 4.78 is 3.84. The molecule has 0 saturated carbocycles. The highest BCUT2D eigenvalue weighted by molar-refractivity contribution is 9.10. The topological polar surface area (TPSA) is 78.7 Å². The van der Waals surface area contributed by atoms with E-state index in [9.17, 15) is 4.79 Å². The molecule has 2 aromatic rings. The fourth-order valence-electron chi connectivity index (χ4n) is 1.36. The van der Waals surface area contributed by atoms with Crippen LogP contribution < -0.4 is 11.2 Å². The summed E-state index contributed by atoms with van der Waals surface area (Å²) in [6.07, 6.45) is 5.07. The normalized spacial score (nSPS) is 10.6. The first-order valence-corrected chi connectivity index (χ1v) is 5.36. The van der Waals surface area contributed by atoms with Gasteiger partial charge in [0.05, 0.1) is 16.7 Å². The maximum Gasteiger partial charge on any atom is 0.218 e. The fourth-order valence-corrected chi connectivity index (χ4v) is 1.85. The minimum atomic E-state index is -0.199. The molecular formula is C9H10BrN5O. The van der Waals surface area contributed by atoms with Gasteiger partial charge in [0.2, 0.25) is 5.43 Å². The van der Waals surface area contributed by atoms with Crippen LogP contribution in [0.3, 0.4) is 0 Å². The van der Waals surface area contributed by atoms with Gasteiger partial charge in [0, 0.05) is 25.6 Å². The summed E-state index contributed by atoms with van der Waals surface area (Å²) in [7, 11) is 1.80. The van der Waals surface area contributed by atoms with Gasteiger partial charge in [0.25, 0.3) is 0 Å². The Morgan fingerprint density at radius 1 is 1.44 bits per heavy atom. The zero-order valence-corrected chi connectivity index (χ0v) is 10.2. The molecule has 0 aromatic carbocycles. The molecule has 0 aliphatic rings. The van der Waals surface area contributed by atoms with Crippen molar-refractivity contribution in [3.05, 3.63) is 39.0 Å². The van der Waals surface area contributed by atoms with Crippen LogP contribution in [0.5, 0.6) is 0 Å². The lowest BCUT2D eigenvalue weighted by atomic mass is 10.4. The zero-order chi connectivity index (χ0) is 11.7. The van der Waals surface area contributed by atoms with Gasteiger partial charge in [-0.2, -0.15) is 0 Å². The predicted octanol–water partition coefficient (Wildman–Crippen LogP) is 0.370. The minimum absolute atomic E-state index is 0.199. The van der Waals surface area contributed by atoms with E-state index in [4.69, 9.17) is 5.73 Å². The molecule has 0 bridgehead atoms. The zero-order valence-electron chi connectivity index (χ0n) is 8.59. The summed E-state index contributed by atoms with van der Waals surface area (Å²) in [6.45, 7) is 0.525. The van der Waals surface area contributed by atoms with Crippen LogP contribution in [0.2, 0.25) is 0 Å². The van der Waals surface area contributed by atoms with E-state index >= 15 is 0 Å². The number of hydrogen-bond donors (Lipinski definition) is 1. The van der Waals surface area contributed by atoms with Gasteiger partial charge >= 0.3 is 0 Å². The number of anilines is 1. The molecule has 0 saturated heterocycles. The number of aryl methyl sites for hydroxylation is 1. The summed E-state index contributed by atoms with van der Waals surface area (Å²) in [4.78, 5) is 11.4. The Balaban J connectivity index is 2.32. The number of nitrogens with two attached hydrogens (primary N) is 1. The minimum Gasteiger partial charge on any atom is -0.394 e. The second-order valence-corrected chi connectivity index (χ2v) is 4.30. The molecule has 0 radical (unpaired) electrons. The molecule has 84 valence electrons. The van der Waals surface area contributed by atoms with Crippen LogP contribution in [-0.2, 0) is 13.6 Å². The Hall–Kier alpha value is -1.63. The van der Waals surface area contributed by atoms with Crippen LogP contribution in [0.25, 0.3) is 0 Å². The van der Waals surface area contributed by atoms with Gasteiger partial charge in [-0.05, 0) is 15.9 Å². The number of halogens is 1. The maximum atomic E-state index is 11.4. The molecule has 2 rings (SSSR count). The smallest absolute Gasteiger partial charge is 0.218 e. The largest absolute Gasteiger partial charge is 0.394 e. The van der Waals surface area contributed by atoms with Gasteiger partial charge in [-0.1, -0.05) is 5.21 Å². The highest BCUT2D eigenvalue weighted by atomic mass is 79.9. The Labute approximate surface area is 99.8 Å². The van der Waals surface area contributed by atoms with E-state index in [0.29, 0.717) is 11.0 Å². The first kappa shape index (κ1) is 10.9. The fraction of sp³-hybridized carbons (Fsp3) is 0.222. The molecule has 0 amide bonds. The van der Waals surface area contributed by atoms with E-state index in [1.807, 2.05) is 6.20 Å². The summed E-state index contributed by atoms with van der Waals surface area (Å²) in [5.74, 6) is 0. The number of rotatable bonds is 2. The van der Waals surface area contributed by atoms with E-state index in [1.165, 1.54) is 0 Å². The number of hydrogen-bond acceptors (Lipinski definition) is 4. The molecule has 6 nitrogen and oxygen atoms in total. The standard InChI is InChI=1S/C9H10BrN5O/c1-14-2-6(12-13-14)3-15-4-7(10)9(16)8(11)5-15/h2,4-5H,3,11H2,1H3. The molecule has 0 aliphatic heterocycles. The highest BCUT2D eigenvalue weighted by Gasteiger charge is 2.04. The van der Waals surface area contributed by atoms with Crippen molar-refractivity contribution in [1.82, 2.24) is 19.6 Å². The van der Waals surface area contributed by atoms with E-state index in [1.54, 1.807) is 28.7 Å². The van der Waals surface area contributed by atoms with Crippen molar-refractivity contribution >= 4 is 21.6 Å². The molecule has 7 heteroatoms. The van der Waals surface area contributed by atoms with Gasteiger partial charge in [0.1, 0.15) is 5.69 Å². The third kappa shape index (κ3) is 2.13. The van der Waals surface area contributed by atoms with E-state index < -0.39 is 0 Å². The van der Waals surface area contributed by atoms with E-state index in [-0.39, 0.29) is 11.1 Å². The molecule has 0 atom stereocenters. The molecule has 2 aromatic heterocycles. The predicted molar refractivity (Wildman–Crippen MR) is 62.9 cm³/mol. The average molecular weight is 284 g/mol. The van der Waals surface area contributed by atoms with Crippen molar-refractivity contribution in [2.75, 3.05) is 5.73 Å². The number of aromatic nitrogens is 4. The first-order valence-electron chi connectivity index (χ1n) is 4.56. The summed E-state index contributed by atoms with van der Waals surface area (Å²) in [6, 6.07) is 0. The second-order valence-electron chi connectivity index (χ2n) is 3.45. The van der Waals surface area contributed by atoms with Crippen LogP contribution in [0.15, 0.2) is 27.9 Å². The molecule has 0 unspecified atom stereocenters. The van der Waals surface area contributed by atoms with Gasteiger partial charge < -0.3 is 10.3 Å². The molecule has 0 spiro atoms. The third-order valence-electron chi connectivity index (χ3n) is 2.06. The van der Waals surface area contributed by atoms with Crippen molar-refractivity contribution in [2.45, 2.75) is 6.54 Å². The van der Waals surface area contributed by atoms with Gasteiger partial charge in [-0.25, -0.2) is 0 Å². The summed E-state index contributed by atoms with van der Waals surface area (Å²) in [5, 5.41) is 7.77. The molecule has 2 N–H and O–H groups in total. The summed E-state index contributed by atoms with van der Waals surface area (Å²) >= 11 is 3.16. The average Bonchev–Trinajstić information content (AvgIpc) is 2.60. The van der Waals surface area contributed by atoms with E-state index in [0.717, 1.165) is 5.69 Å². The third-order valence-corrected chi connectivity index (χ3v) is 2.62. The van der Waals surface area contributed by atoms with Crippen LogP contribution in [0, 0.1) is 0 Å². The molecule has 16 heavy (non-hydrogen) atoms. The number of nitrogens with zero attached hydrogens (tertiary/aromatic N) is 4. The van der Waals surface area contributed by atoms with Crippen LogP contribution in [-0.4, -0.2) is 19.6 Å². The Morgan fingerprint density at radius 3 is 2.75 bits per heavy atom. The lowest BCUT2D eigenvalue weighted by Crippen LogP contribution is -2.13. The lowest BCUT2D eigenvalue weighted by Gasteiger charge is -2.05. The van der Waals surface area contributed by atoms with Crippen molar-refractivity contribution in [1.29, 1.82) is 0 Å². The Morgan fingerprint density at radius 2 is 2.19 bits per heavy atom. The monoisotopic (exact) mass is 283 g/mol. The van der Waals surface area contributed by atoms with Crippen molar-refractivity contribution in [2.24, 2.45) is 7.05 Å². The first-order chi connectivity index (χ1) is 7.56. The van der Waals surface area contributed by atoms with Gasteiger partial charge in [-0.15, -0.1) is 5.10 Å². The van der Waals surface area contributed by atoms with Crippen molar-refractivity contribution in [3.8, 4) is 0 Å². The van der Waals surface area contributed by atoms with E-state index in [2.05, 4.69) is 26.2 Å². The molecule has 2 heterocycles. The van der Waals surface area contributed by atoms with Crippen molar-refractivity contribution in [3.63, 3.8) is 0 Å². The Bertz CT molecular complexity index is 547. The Kier molecular flexibility index (Phi) is 2.78. The molecule has 0 fully saturated rings. The second kappa shape index (κ2) is 4.09. The lowest BCUT2D eigenvalue weighted by molar-refractivity contribution is 0.708. The van der Waals surface area contributed by atoms with Crippen LogP contribution in [0.1, 0.15) is 5.69 Å². The number of pyridine rings is 1. The van der Waals surface area contributed by atoms with Gasteiger partial charge in [0.15, 0.2) is 0 Å². The molecular weight excluding hydrogens is 274 g/mol. The highest BCUT2D eigenvalue weighted by Crippen LogP contribution is 2.07. The maximum absolute atomic E-state index is 11.4. The number of nitrogen functional groups attached to an aromatic ring is 1. The SMILES string of the molecule is Cn1cc(Cn2cc(N)c(=O)c(Br)c2)nn1.